The second-order valence-corrected chi connectivity index (χ2v) is 6.37. The maximum absolute atomic E-state index is 11.3. The van der Waals surface area contributed by atoms with Gasteiger partial charge in [0.15, 0.2) is 11.5 Å². The molecule has 1 aromatic heterocycles. The summed E-state index contributed by atoms with van der Waals surface area (Å²) in [6.07, 6.45) is 3.84. The Hall–Kier alpha value is -2.08. The van der Waals surface area contributed by atoms with Crippen molar-refractivity contribution in [2.45, 2.75) is 39.5 Å². The van der Waals surface area contributed by atoms with E-state index in [0.29, 0.717) is 40.1 Å². The third-order valence-corrected chi connectivity index (χ3v) is 4.78. The van der Waals surface area contributed by atoms with Crippen molar-refractivity contribution < 1.29 is 19.4 Å². The van der Waals surface area contributed by atoms with E-state index in [2.05, 4.69) is 11.9 Å². The van der Waals surface area contributed by atoms with Crippen molar-refractivity contribution in [1.29, 1.82) is 0 Å². The molecule has 6 heteroatoms. The van der Waals surface area contributed by atoms with Crippen LogP contribution in [0.1, 0.15) is 48.5 Å². The Labute approximate surface area is 146 Å². The van der Waals surface area contributed by atoms with E-state index < -0.39 is 5.97 Å². The van der Waals surface area contributed by atoms with Crippen molar-refractivity contribution in [2.24, 2.45) is 0 Å². The van der Waals surface area contributed by atoms with Gasteiger partial charge in [-0.2, -0.15) is 0 Å². The summed E-state index contributed by atoms with van der Waals surface area (Å²) in [6, 6.07) is 5.58. The first-order valence-electron chi connectivity index (χ1n) is 8.14. The van der Waals surface area contributed by atoms with Crippen molar-refractivity contribution in [3.63, 3.8) is 0 Å². The van der Waals surface area contributed by atoms with E-state index in [1.54, 1.807) is 7.11 Å². The number of aromatic carboxylic acids is 1. The Bertz CT molecular complexity index is 696. The largest absolute Gasteiger partial charge is 0.493 e. The van der Waals surface area contributed by atoms with Crippen LogP contribution in [-0.4, -0.2) is 29.8 Å². The smallest absolute Gasteiger partial charge is 0.347 e. The number of nitrogens with zero attached hydrogens (tertiary/aromatic N) is 1. The topological polar surface area (TPSA) is 68.7 Å². The number of methoxy groups -OCH3 is 1. The van der Waals surface area contributed by atoms with Crippen LogP contribution in [0.2, 0.25) is 0 Å². The van der Waals surface area contributed by atoms with Gasteiger partial charge in [0.2, 0.25) is 0 Å². The molecule has 2 rings (SSSR count). The predicted octanol–water partition coefficient (Wildman–Crippen LogP) is 4.65. The first-order valence-corrected chi connectivity index (χ1v) is 8.96. The number of unbranched alkanes of at least 4 members (excludes halogenated alkanes) is 2. The molecule has 1 aromatic carbocycles. The molecule has 0 bridgehead atoms. The van der Waals surface area contributed by atoms with E-state index in [1.807, 2.05) is 25.1 Å². The average molecular weight is 349 g/mol. The highest BCUT2D eigenvalue weighted by Crippen LogP contribution is 2.35. The molecule has 0 spiro atoms. The lowest BCUT2D eigenvalue weighted by Crippen LogP contribution is -1.99. The number of carboxylic acid groups (broad SMARTS) is 1. The van der Waals surface area contributed by atoms with Gasteiger partial charge in [0, 0.05) is 5.56 Å². The monoisotopic (exact) mass is 349 g/mol. The minimum atomic E-state index is -0.930. The zero-order chi connectivity index (χ0) is 17.5. The van der Waals surface area contributed by atoms with Crippen LogP contribution in [0, 0.1) is 0 Å². The summed E-state index contributed by atoms with van der Waals surface area (Å²) in [7, 11) is 1.61. The molecule has 0 saturated heterocycles. The summed E-state index contributed by atoms with van der Waals surface area (Å²) in [5.74, 6) is 0.400. The first kappa shape index (κ1) is 18.3. The predicted molar refractivity (Wildman–Crippen MR) is 95.5 cm³/mol. The lowest BCUT2D eigenvalue weighted by atomic mass is 10.2. The quantitative estimate of drug-likeness (QED) is 0.668. The summed E-state index contributed by atoms with van der Waals surface area (Å²) in [5, 5.41) is 9.97. The zero-order valence-corrected chi connectivity index (χ0v) is 15.1. The number of carboxylic acids is 1. The molecule has 0 fully saturated rings. The number of carbonyl (C=O) groups is 1. The van der Waals surface area contributed by atoms with Crippen molar-refractivity contribution >= 4 is 17.3 Å². The molecule has 1 heterocycles. The highest BCUT2D eigenvalue weighted by atomic mass is 32.1. The fourth-order valence-electron chi connectivity index (χ4n) is 2.34. The van der Waals surface area contributed by atoms with Gasteiger partial charge in [-0.25, -0.2) is 9.78 Å². The van der Waals surface area contributed by atoms with Gasteiger partial charge in [0.1, 0.15) is 9.88 Å². The molecular weight excluding hydrogens is 326 g/mol. The summed E-state index contributed by atoms with van der Waals surface area (Å²) in [4.78, 5) is 16.1. The Balaban J connectivity index is 2.29. The van der Waals surface area contributed by atoms with Crippen molar-refractivity contribution in [1.82, 2.24) is 4.98 Å². The van der Waals surface area contributed by atoms with Gasteiger partial charge in [-0.1, -0.05) is 26.7 Å². The molecule has 0 radical (unpaired) electrons. The Morgan fingerprint density at radius 3 is 2.62 bits per heavy atom. The van der Waals surface area contributed by atoms with Crippen LogP contribution in [0.3, 0.4) is 0 Å². The van der Waals surface area contributed by atoms with E-state index >= 15 is 0 Å². The van der Waals surface area contributed by atoms with Gasteiger partial charge in [-0.3, -0.25) is 0 Å². The summed E-state index contributed by atoms with van der Waals surface area (Å²) in [5.41, 5.74) is 1.46. The number of aromatic nitrogens is 1. The molecular formula is C18H23NO4S. The average Bonchev–Trinajstić information content (AvgIpc) is 3.03. The molecule has 5 nitrogen and oxygen atoms in total. The van der Waals surface area contributed by atoms with Crippen LogP contribution in [-0.2, 0) is 6.42 Å². The fraction of sp³-hybridized carbons (Fsp3) is 0.444. The number of hydrogen-bond donors (Lipinski definition) is 1. The molecule has 0 amide bonds. The van der Waals surface area contributed by atoms with Crippen molar-refractivity contribution in [2.75, 3.05) is 13.7 Å². The molecule has 2 aromatic rings. The molecule has 0 saturated carbocycles. The Morgan fingerprint density at radius 1 is 1.25 bits per heavy atom. The van der Waals surface area contributed by atoms with Gasteiger partial charge in [-0.15, -0.1) is 11.3 Å². The number of rotatable bonds is 9. The Kier molecular flexibility index (Phi) is 6.61. The second kappa shape index (κ2) is 8.68. The third kappa shape index (κ3) is 4.26. The van der Waals surface area contributed by atoms with E-state index in [4.69, 9.17) is 9.47 Å². The molecule has 0 aliphatic heterocycles. The lowest BCUT2D eigenvalue weighted by Gasteiger charge is -2.11. The minimum absolute atomic E-state index is 0.300. The summed E-state index contributed by atoms with van der Waals surface area (Å²) >= 11 is 1.19. The minimum Gasteiger partial charge on any atom is -0.493 e. The molecule has 130 valence electrons. The van der Waals surface area contributed by atoms with E-state index in [9.17, 15) is 9.90 Å². The normalized spacial score (nSPS) is 10.6. The molecule has 1 N–H and O–H groups in total. The van der Waals surface area contributed by atoms with Crippen molar-refractivity contribution in [3.05, 3.63) is 28.8 Å². The van der Waals surface area contributed by atoms with Crippen LogP contribution in [0.5, 0.6) is 11.5 Å². The number of ether oxygens (including phenoxy) is 2. The van der Waals surface area contributed by atoms with Gasteiger partial charge in [0.05, 0.1) is 19.4 Å². The second-order valence-electron chi connectivity index (χ2n) is 5.37. The third-order valence-electron chi connectivity index (χ3n) is 3.64. The highest BCUT2D eigenvalue weighted by Gasteiger charge is 2.18. The first-order chi connectivity index (χ1) is 11.6. The van der Waals surface area contributed by atoms with Crippen molar-refractivity contribution in [3.8, 4) is 22.1 Å². The number of thiazole rings is 1. The van der Waals surface area contributed by atoms with E-state index in [0.717, 1.165) is 24.8 Å². The maximum atomic E-state index is 11.3. The zero-order valence-electron chi connectivity index (χ0n) is 14.3. The molecule has 0 aliphatic rings. The van der Waals surface area contributed by atoms with Crippen LogP contribution < -0.4 is 9.47 Å². The van der Waals surface area contributed by atoms with Gasteiger partial charge < -0.3 is 14.6 Å². The molecule has 0 atom stereocenters. The standard InChI is InChI=1S/C18H23NO4S/c1-4-6-7-10-23-15-11-12(8-9-14(15)22-3)17-19-13(5-2)16(24-17)18(20)21/h8-9,11H,4-7,10H2,1-3H3,(H,20,21). The Morgan fingerprint density at radius 2 is 2.04 bits per heavy atom. The fourth-order valence-corrected chi connectivity index (χ4v) is 3.33. The summed E-state index contributed by atoms with van der Waals surface area (Å²) < 4.78 is 11.2. The number of benzene rings is 1. The van der Waals surface area contributed by atoms with Gasteiger partial charge >= 0.3 is 5.97 Å². The lowest BCUT2D eigenvalue weighted by molar-refractivity contribution is 0.0701. The van der Waals surface area contributed by atoms with E-state index in [1.165, 1.54) is 11.3 Å². The SMILES string of the molecule is CCCCCOc1cc(-c2nc(CC)c(C(=O)O)s2)ccc1OC. The van der Waals surface area contributed by atoms with Crippen LogP contribution in [0.15, 0.2) is 18.2 Å². The van der Waals surface area contributed by atoms with Crippen LogP contribution >= 0.6 is 11.3 Å². The molecule has 24 heavy (non-hydrogen) atoms. The van der Waals surface area contributed by atoms with E-state index in [-0.39, 0.29) is 0 Å². The highest BCUT2D eigenvalue weighted by molar-refractivity contribution is 7.17. The van der Waals surface area contributed by atoms with Gasteiger partial charge in [-0.05, 0) is 31.0 Å². The maximum Gasteiger partial charge on any atom is 0.347 e. The molecule has 0 aliphatic carbocycles. The number of hydrogen-bond acceptors (Lipinski definition) is 5. The van der Waals surface area contributed by atoms with Crippen LogP contribution in [0.25, 0.3) is 10.6 Å². The number of aryl methyl sites for hydroxylation is 1. The van der Waals surface area contributed by atoms with Crippen LogP contribution in [0.4, 0.5) is 0 Å². The molecule has 0 unspecified atom stereocenters. The van der Waals surface area contributed by atoms with Gasteiger partial charge in [0.25, 0.3) is 0 Å². The summed E-state index contributed by atoms with van der Waals surface area (Å²) in [6.45, 7) is 4.68.